The first-order valence-electron chi connectivity index (χ1n) is 9.21. The SMILES string of the molecule is CN(CC(=O)NCC1(c2ccccc2)CCOCC1)[C@@H]1CCS(=O)(=O)C1. The molecule has 6 nitrogen and oxygen atoms in total. The molecule has 1 amide bonds. The number of nitrogens with zero attached hydrogens (tertiary/aromatic N) is 1. The summed E-state index contributed by atoms with van der Waals surface area (Å²) in [6.45, 7) is 2.20. The third kappa shape index (κ3) is 4.64. The normalized spacial score (nSPS) is 24.5. The van der Waals surface area contributed by atoms with E-state index < -0.39 is 9.84 Å². The summed E-state index contributed by atoms with van der Waals surface area (Å²) in [5.74, 6) is 0.321. The van der Waals surface area contributed by atoms with Crippen molar-refractivity contribution in [2.45, 2.75) is 30.7 Å². The highest BCUT2D eigenvalue weighted by Crippen LogP contribution is 2.34. The van der Waals surface area contributed by atoms with Crippen molar-refractivity contribution in [1.29, 1.82) is 0 Å². The lowest BCUT2D eigenvalue weighted by molar-refractivity contribution is -0.122. The molecule has 0 saturated carbocycles. The number of sulfone groups is 1. The monoisotopic (exact) mass is 380 g/mol. The summed E-state index contributed by atoms with van der Waals surface area (Å²) in [4.78, 5) is 14.3. The molecule has 0 aliphatic carbocycles. The lowest BCUT2D eigenvalue weighted by atomic mass is 9.74. The maximum atomic E-state index is 12.5. The third-order valence-electron chi connectivity index (χ3n) is 5.68. The number of carbonyl (C=O) groups is 1. The van der Waals surface area contributed by atoms with Crippen LogP contribution in [0, 0.1) is 0 Å². The summed E-state index contributed by atoms with van der Waals surface area (Å²) >= 11 is 0. The largest absolute Gasteiger partial charge is 0.381 e. The maximum Gasteiger partial charge on any atom is 0.234 e. The zero-order chi connectivity index (χ0) is 18.6. The Kier molecular flexibility index (Phi) is 5.99. The second-order valence-electron chi connectivity index (χ2n) is 7.51. The van der Waals surface area contributed by atoms with E-state index in [2.05, 4.69) is 17.4 Å². The molecule has 3 rings (SSSR count). The van der Waals surface area contributed by atoms with Crippen molar-refractivity contribution in [2.75, 3.05) is 44.9 Å². The maximum absolute atomic E-state index is 12.5. The summed E-state index contributed by atoms with van der Waals surface area (Å²) < 4.78 is 28.8. The number of carbonyl (C=O) groups excluding carboxylic acids is 1. The van der Waals surface area contributed by atoms with Crippen LogP contribution in [0.5, 0.6) is 0 Å². The van der Waals surface area contributed by atoms with Crippen molar-refractivity contribution in [3.05, 3.63) is 35.9 Å². The Morgan fingerprint density at radius 2 is 1.96 bits per heavy atom. The van der Waals surface area contributed by atoms with Gasteiger partial charge in [-0.1, -0.05) is 30.3 Å². The molecule has 2 aliphatic heterocycles. The van der Waals surface area contributed by atoms with Crippen molar-refractivity contribution >= 4 is 15.7 Å². The Morgan fingerprint density at radius 1 is 1.27 bits per heavy atom. The third-order valence-corrected chi connectivity index (χ3v) is 7.44. The van der Waals surface area contributed by atoms with E-state index in [0.29, 0.717) is 26.2 Å². The van der Waals surface area contributed by atoms with Crippen molar-refractivity contribution in [3.8, 4) is 0 Å². The summed E-state index contributed by atoms with van der Waals surface area (Å²) in [6, 6.07) is 10.2. The molecule has 0 bridgehead atoms. The first-order chi connectivity index (χ1) is 12.4. The van der Waals surface area contributed by atoms with Gasteiger partial charge in [-0.2, -0.15) is 0 Å². The van der Waals surface area contributed by atoms with Crippen LogP contribution in [0.3, 0.4) is 0 Å². The predicted octanol–water partition coefficient (Wildman–Crippen LogP) is 0.970. The van der Waals surface area contributed by atoms with E-state index in [9.17, 15) is 13.2 Å². The Balaban J connectivity index is 1.58. The molecule has 1 N–H and O–H groups in total. The molecule has 1 aromatic carbocycles. The van der Waals surface area contributed by atoms with E-state index in [4.69, 9.17) is 4.74 Å². The molecule has 0 radical (unpaired) electrons. The first-order valence-corrected chi connectivity index (χ1v) is 11.0. The molecular formula is C19H28N2O4S. The van der Waals surface area contributed by atoms with Gasteiger partial charge in [0.25, 0.3) is 0 Å². The molecule has 144 valence electrons. The van der Waals surface area contributed by atoms with Crippen LogP contribution in [0.4, 0.5) is 0 Å². The Morgan fingerprint density at radius 3 is 2.58 bits per heavy atom. The molecule has 2 heterocycles. The molecule has 0 spiro atoms. The number of ether oxygens (including phenoxy) is 1. The standard InChI is InChI=1S/C19H28N2O4S/c1-21(17-7-12-26(23,24)14-17)13-18(22)20-15-19(8-10-25-11-9-19)16-5-3-2-4-6-16/h2-6,17H,7-15H2,1H3,(H,20,22)/t17-/m1/s1. The van der Waals surface area contributed by atoms with Crippen LogP contribution in [0.25, 0.3) is 0 Å². The molecule has 26 heavy (non-hydrogen) atoms. The van der Waals surface area contributed by atoms with Gasteiger partial charge in [-0.3, -0.25) is 9.69 Å². The lowest BCUT2D eigenvalue weighted by Crippen LogP contribution is -2.47. The van der Waals surface area contributed by atoms with E-state index in [1.165, 1.54) is 5.56 Å². The number of hydrogen-bond acceptors (Lipinski definition) is 5. The van der Waals surface area contributed by atoms with E-state index in [0.717, 1.165) is 12.8 Å². The van der Waals surface area contributed by atoms with E-state index in [-0.39, 0.29) is 35.4 Å². The van der Waals surface area contributed by atoms with Crippen LogP contribution in [0.2, 0.25) is 0 Å². The second-order valence-corrected chi connectivity index (χ2v) is 9.74. The van der Waals surface area contributed by atoms with Crippen LogP contribution >= 0.6 is 0 Å². The number of hydrogen-bond donors (Lipinski definition) is 1. The van der Waals surface area contributed by atoms with E-state index in [1.54, 1.807) is 0 Å². The fraction of sp³-hybridized carbons (Fsp3) is 0.632. The number of amides is 1. The van der Waals surface area contributed by atoms with Gasteiger partial charge in [0.1, 0.15) is 0 Å². The minimum Gasteiger partial charge on any atom is -0.381 e. The van der Waals surface area contributed by atoms with E-state index >= 15 is 0 Å². The summed E-state index contributed by atoms with van der Waals surface area (Å²) in [7, 11) is -1.11. The van der Waals surface area contributed by atoms with Crippen LogP contribution < -0.4 is 5.32 Å². The molecule has 0 aromatic heterocycles. The highest BCUT2D eigenvalue weighted by atomic mass is 32.2. The molecule has 1 atom stereocenters. The van der Waals surface area contributed by atoms with Gasteiger partial charge in [-0.05, 0) is 31.9 Å². The van der Waals surface area contributed by atoms with Gasteiger partial charge in [-0.25, -0.2) is 8.42 Å². The molecule has 1 aromatic rings. The average molecular weight is 381 g/mol. The Labute approximate surface area is 155 Å². The van der Waals surface area contributed by atoms with Gasteiger partial charge in [0.2, 0.25) is 5.91 Å². The minimum absolute atomic E-state index is 0.0569. The van der Waals surface area contributed by atoms with Gasteiger partial charge in [0.05, 0.1) is 18.1 Å². The first kappa shape index (κ1) is 19.3. The van der Waals surface area contributed by atoms with Crippen molar-refractivity contribution in [3.63, 3.8) is 0 Å². The zero-order valence-corrected chi connectivity index (χ0v) is 16.1. The van der Waals surface area contributed by atoms with Gasteiger partial charge in [0.15, 0.2) is 9.84 Å². The second kappa shape index (κ2) is 8.06. The minimum atomic E-state index is -2.94. The quantitative estimate of drug-likeness (QED) is 0.796. The van der Waals surface area contributed by atoms with Crippen LogP contribution in [-0.4, -0.2) is 70.1 Å². The molecule has 2 saturated heterocycles. The fourth-order valence-electron chi connectivity index (χ4n) is 3.92. The van der Waals surface area contributed by atoms with Crippen molar-refractivity contribution < 1.29 is 17.9 Å². The van der Waals surface area contributed by atoms with Gasteiger partial charge in [-0.15, -0.1) is 0 Å². The van der Waals surface area contributed by atoms with Gasteiger partial charge >= 0.3 is 0 Å². The Hall–Kier alpha value is -1.44. The molecule has 2 fully saturated rings. The molecule has 2 aliphatic rings. The van der Waals surface area contributed by atoms with Gasteiger partial charge < -0.3 is 10.1 Å². The molecular weight excluding hydrogens is 352 g/mol. The summed E-state index contributed by atoms with van der Waals surface area (Å²) in [6.07, 6.45) is 2.37. The Bertz CT molecular complexity index is 714. The number of likely N-dealkylation sites (N-methyl/N-ethyl adjacent to an activating group) is 1. The van der Waals surface area contributed by atoms with Crippen LogP contribution in [0.15, 0.2) is 30.3 Å². The van der Waals surface area contributed by atoms with Crippen molar-refractivity contribution in [2.24, 2.45) is 0 Å². The van der Waals surface area contributed by atoms with Crippen LogP contribution in [-0.2, 0) is 24.8 Å². The van der Waals surface area contributed by atoms with Gasteiger partial charge in [0, 0.05) is 31.2 Å². The summed E-state index contributed by atoms with van der Waals surface area (Å²) in [5.41, 5.74) is 1.14. The number of benzene rings is 1. The highest BCUT2D eigenvalue weighted by molar-refractivity contribution is 7.91. The van der Waals surface area contributed by atoms with Crippen molar-refractivity contribution in [1.82, 2.24) is 10.2 Å². The fourth-order valence-corrected chi connectivity index (χ4v) is 5.73. The molecule has 7 heteroatoms. The predicted molar refractivity (Wildman–Crippen MR) is 101 cm³/mol. The smallest absolute Gasteiger partial charge is 0.234 e. The lowest BCUT2D eigenvalue weighted by Gasteiger charge is -2.38. The van der Waals surface area contributed by atoms with Crippen LogP contribution in [0.1, 0.15) is 24.8 Å². The highest BCUT2D eigenvalue weighted by Gasteiger charge is 2.35. The topological polar surface area (TPSA) is 75.7 Å². The summed E-state index contributed by atoms with van der Waals surface area (Å²) in [5, 5.41) is 3.08. The van der Waals surface area contributed by atoms with E-state index in [1.807, 2.05) is 30.1 Å². The molecule has 0 unspecified atom stereocenters. The number of nitrogens with one attached hydrogen (secondary N) is 1. The average Bonchev–Trinajstić information content (AvgIpc) is 3.02. The number of rotatable bonds is 6. The zero-order valence-electron chi connectivity index (χ0n) is 15.3.